The van der Waals surface area contributed by atoms with Gasteiger partial charge in [-0.15, -0.1) is 24.2 Å². The van der Waals surface area contributed by atoms with Gasteiger partial charge in [0, 0.05) is 37.6 Å². The number of nitrogens with zero attached hydrogens (tertiary/aromatic N) is 2. The minimum Gasteiger partial charge on any atom is -0.339 e. The normalized spacial score (nSPS) is 14.9. The van der Waals surface area contributed by atoms with E-state index in [-0.39, 0.29) is 18.3 Å². The first-order valence-corrected chi connectivity index (χ1v) is 8.21. The van der Waals surface area contributed by atoms with Crippen molar-refractivity contribution in [3.63, 3.8) is 0 Å². The van der Waals surface area contributed by atoms with E-state index in [4.69, 9.17) is 0 Å². The molecule has 1 aliphatic heterocycles. The minimum atomic E-state index is 0. The maximum Gasteiger partial charge on any atom is 0.236 e. The molecule has 1 aliphatic rings. The van der Waals surface area contributed by atoms with E-state index in [0.29, 0.717) is 6.54 Å². The molecule has 1 N–H and O–H groups in total. The van der Waals surface area contributed by atoms with Crippen LogP contribution < -0.4 is 5.32 Å². The van der Waals surface area contributed by atoms with Gasteiger partial charge in [-0.2, -0.15) is 0 Å². The van der Waals surface area contributed by atoms with Gasteiger partial charge in [-0.05, 0) is 31.0 Å². The van der Waals surface area contributed by atoms with Gasteiger partial charge in [-0.25, -0.2) is 0 Å². The Balaban J connectivity index is 0.00000220. The van der Waals surface area contributed by atoms with E-state index in [2.05, 4.69) is 40.7 Å². The fourth-order valence-corrected chi connectivity index (χ4v) is 2.75. The van der Waals surface area contributed by atoms with Gasteiger partial charge in [-0.1, -0.05) is 12.1 Å². The summed E-state index contributed by atoms with van der Waals surface area (Å²) in [4.78, 5) is 17.5. The van der Waals surface area contributed by atoms with E-state index < -0.39 is 0 Å². The van der Waals surface area contributed by atoms with Crippen molar-refractivity contribution >= 4 is 30.1 Å². The number of hydrogen-bond donors (Lipinski definition) is 1. The number of thioether (sulfide) groups is 1. The summed E-state index contributed by atoms with van der Waals surface area (Å²) in [5.41, 5.74) is 1.25. The van der Waals surface area contributed by atoms with Crippen LogP contribution in [0.1, 0.15) is 5.56 Å². The smallest absolute Gasteiger partial charge is 0.236 e. The van der Waals surface area contributed by atoms with Gasteiger partial charge in [0.15, 0.2) is 0 Å². The Morgan fingerprint density at radius 1 is 1.29 bits per heavy atom. The number of rotatable bonds is 5. The lowest BCUT2D eigenvalue weighted by Gasteiger charge is -2.29. The Morgan fingerprint density at radius 2 is 1.90 bits per heavy atom. The topological polar surface area (TPSA) is 35.6 Å². The molecule has 4 nitrogen and oxygen atoms in total. The number of hydrogen-bond acceptors (Lipinski definition) is 4. The molecule has 118 valence electrons. The zero-order valence-corrected chi connectivity index (χ0v) is 14.3. The highest BCUT2D eigenvalue weighted by molar-refractivity contribution is 7.98. The summed E-state index contributed by atoms with van der Waals surface area (Å²) in [6.07, 6.45) is 2.08. The van der Waals surface area contributed by atoms with Gasteiger partial charge < -0.3 is 10.2 Å². The quantitative estimate of drug-likeness (QED) is 0.834. The van der Waals surface area contributed by atoms with Crippen LogP contribution in [0.2, 0.25) is 0 Å². The van der Waals surface area contributed by atoms with Crippen LogP contribution in [-0.4, -0.2) is 61.7 Å². The van der Waals surface area contributed by atoms with Crippen molar-refractivity contribution in [1.82, 2.24) is 15.1 Å². The van der Waals surface area contributed by atoms with Crippen LogP contribution in [0.4, 0.5) is 0 Å². The maximum atomic E-state index is 12.2. The van der Waals surface area contributed by atoms with Crippen molar-refractivity contribution in [2.24, 2.45) is 0 Å². The summed E-state index contributed by atoms with van der Waals surface area (Å²) in [6.45, 7) is 4.78. The maximum absolute atomic E-state index is 12.2. The minimum absolute atomic E-state index is 0. The molecule has 1 aromatic carbocycles. The van der Waals surface area contributed by atoms with Crippen LogP contribution in [0, 0.1) is 0 Å². The van der Waals surface area contributed by atoms with Gasteiger partial charge in [0.25, 0.3) is 0 Å². The highest BCUT2D eigenvalue weighted by Gasteiger charge is 2.17. The summed E-state index contributed by atoms with van der Waals surface area (Å²) in [5, 5.41) is 3.26. The zero-order chi connectivity index (χ0) is 14.4. The molecule has 0 radical (unpaired) electrons. The van der Waals surface area contributed by atoms with Crippen LogP contribution in [0.15, 0.2) is 29.2 Å². The fraction of sp³-hybridized carbons (Fsp3) is 0.533. The number of likely N-dealkylation sites (N-methyl/N-ethyl adjacent to an activating group) is 1. The third-order valence-corrected chi connectivity index (χ3v) is 4.23. The molecule has 0 aliphatic carbocycles. The van der Waals surface area contributed by atoms with Crippen LogP contribution >= 0.6 is 24.2 Å². The number of carbonyl (C=O) groups is 1. The number of halogens is 1. The second-order valence-corrected chi connectivity index (χ2v) is 6.03. The lowest BCUT2D eigenvalue weighted by molar-refractivity contribution is -0.132. The van der Waals surface area contributed by atoms with Crippen molar-refractivity contribution in [2.75, 3.05) is 46.0 Å². The standard InChI is InChI=1S/C15H23N3OS.ClH/c1-17(11-13-3-5-14(20-2)6-4-13)12-15(19)18-9-7-16-8-10-18;/h3-6,16H,7-12H2,1-2H3;1H. The molecule has 0 bridgehead atoms. The van der Waals surface area contributed by atoms with Crippen LogP contribution in [0.5, 0.6) is 0 Å². The Kier molecular flexibility index (Phi) is 8.11. The summed E-state index contributed by atoms with van der Waals surface area (Å²) >= 11 is 1.75. The first kappa shape index (κ1) is 18.3. The van der Waals surface area contributed by atoms with E-state index in [1.54, 1.807) is 11.8 Å². The fourth-order valence-electron chi connectivity index (χ4n) is 2.34. The Labute approximate surface area is 137 Å². The molecule has 1 heterocycles. The highest BCUT2D eigenvalue weighted by atomic mass is 35.5. The molecule has 2 rings (SSSR count). The highest BCUT2D eigenvalue weighted by Crippen LogP contribution is 2.15. The van der Waals surface area contributed by atoms with Crippen molar-refractivity contribution in [3.8, 4) is 0 Å². The predicted octanol–water partition coefficient (Wildman–Crippen LogP) is 1.69. The Bertz CT molecular complexity index is 435. The van der Waals surface area contributed by atoms with Crippen molar-refractivity contribution in [3.05, 3.63) is 29.8 Å². The van der Waals surface area contributed by atoms with E-state index >= 15 is 0 Å². The molecule has 0 spiro atoms. The van der Waals surface area contributed by atoms with Gasteiger partial charge in [0.05, 0.1) is 6.54 Å². The van der Waals surface area contributed by atoms with Crippen molar-refractivity contribution in [1.29, 1.82) is 0 Å². The third kappa shape index (κ3) is 5.87. The number of benzene rings is 1. The van der Waals surface area contributed by atoms with Crippen molar-refractivity contribution in [2.45, 2.75) is 11.4 Å². The molecular formula is C15H24ClN3OS. The molecule has 0 atom stereocenters. The Morgan fingerprint density at radius 3 is 2.48 bits per heavy atom. The number of carbonyl (C=O) groups excluding carboxylic acids is 1. The molecule has 1 aromatic rings. The van der Waals surface area contributed by atoms with E-state index in [1.165, 1.54) is 10.5 Å². The van der Waals surface area contributed by atoms with E-state index in [0.717, 1.165) is 32.7 Å². The monoisotopic (exact) mass is 329 g/mol. The average Bonchev–Trinajstić information content (AvgIpc) is 2.49. The second-order valence-electron chi connectivity index (χ2n) is 5.15. The SMILES string of the molecule is CSc1ccc(CN(C)CC(=O)N2CCNCC2)cc1.Cl. The molecule has 6 heteroatoms. The zero-order valence-electron chi connectivity index (χ0n) is 12.7. The van der Waals surface area contributed by atoms with Crippen LogP contribution in [-0.2, 0) is 11.3 Å². The molecule has 21 heavy (non-hydrogen) atoms. The summed E-state index contributed by atoms with van der Waals surface area (Å²) in [7, 11) is 2.00. The van der Waals surface area contributed by atoms with E-state index in [9.17, 15) is 4.79 Å². The lowest BCUT2D eigenvalue weighted by atomic mass is 10.2. The number of nitrogens with one attached hydrogen (secondary N) is 1. The number of piperazine rings is 1. The third-order valence-electron chi connectivity index (χ3n) is 3.49. The molecular weight excluding hydrogens is 306 g/mol. The van der Waals surface area contributed by atoms with Crippen LogP contribution in [0.25, 0.3) is 0 Å². The molecule has 1 fully saturated rings. The summed E-state index contributed by atoms with van der Waals surface area (Å²) in [5.74, 6) is 0.231. The predicted molar refractivity (Wildman–Crippen MR) is 91.3 cm³/mol. The average molecular weight is 330 g/mol. The first-order chi connectivity index (χ1) is 9.69. The summed E-state index contributed by atoms with van der Waals surface area (Å²) in [6, 6.07) is 8.53. The van der Waals surface area contributed by atoms with Gasteiger partial charge in [0.1, 0.15) is 0 Å². The molecule has 1 amide bonds. The lowest BCUT2D eigenvalue weighted by Crippen LogP contribution is -2.49. The second kappa shape index (κ2) is 9.30. The molecule has 0 saturated carbocycles. The van der Waals surface area contributed by atoms with Gasteiger partial charge in [0.2, 0.25) is 5.91 Å². The number of amides is 1. The molecule has 0 aromatic heterocycles. The van der Waals surface area contributed by atoms with Gasteiger partial charge >= 0.3 is 0 Å². The molecule has 1 saturated heterocycles. The Hall–Kier alpha value is -0.750. The molecule has 0 unspecified atom stereocenters. The van der Waals surface area contributed by atoms with Crippen molar-refractivity contribution < 1.29 is 4.79 Å². The van der Waals surface area contributed by atoms with Gasteiger partial charge in [-0.3, -0.25) is 9.69 Å². The largest absolute Gasteiger partial charge is 0.339 e. The van der Waals surface area contributed by atoms with E-state index in [1.807, 2.05) is 11.9 Å². The first-order valence-electron chi connectivity index (χ1n) is 6.99. The van der Waals surface area contributed by atoms with Crippen LogP contribution in [0.3, 0.4) is 0 Å². The summed E-state index contributed by atoms with van der Waals surface area (Å²) < 4.78 is 0.